The summed E-state index contributed by atoms with van der Waals surface area (Å²) in [6, 6.07) is 3.22. The summed E-state index contributed by atoms with van der Waals surface area (Å²) in [4.78, 5) is 23.1. The summed E-state index contributed by atoms with van der Waals surface area (Å²) in [6.45, 7) is 4.49. The predicted octanol–water partition coefficient (Wildman–Crippen LogP) is 2.91. The van der Waals surface area contributed by atoms with Crippen molar-refractivity contribution in [1.29, 1.82) is 0 Å². The molecule has 2 aromatic rings. The molecule has 3 heterocycles. The quantitative estimate of drug-likeness (QED) is 0.775. The second kappa shape index (κ2) is 7.81. The van der Waals surface area contributed by atoms with Crippen LogP contribution in [0.3, 0.4) is 0 Å². The number of carbonyl (C=O) groups is 1. The first kappa shape index (κ1) is 20.5. The van der Waals surface area contributed by atoms with Crippen LogP contribution in [0.25, 0.3) is 5.95 Å². The molecule has 2 fully saturated rings. The predicted molar refractivity (Wildman–Crippen MR) is 109 cm³/mol. The number of likely N-dealkylation sites (N-methyl/N-ethyl adjacent to an activating group) is 1. The van der Waals surface area contributed by atoms with E-state index in [2.05, 4.69) is 25.7 Å². The van der Waals surface area contributed by atoms with E-state index >= 15 is 0 Å². The largest absolute Gasteiger partial charge is 0.367 e. The molecule has 0 bridgehead atoms. The number of aryl methyl sites for hydroxylation is 2. The summed E-state index contributed by atoms with van der Waals surface area (Å²) in [5.41, 5.74) is 1.72. The Morgan fingerprint density at radius 2 is 1.73 bits per heavy atom. The fourth-order valence-corrected chi connectivity index (χ4v) is 4.04. The fourth-order valence-electron chi connectivity index (χ4n) is 4.04. The molecule has 0 spiro atoms. The van der Waals surface area contributed by atoms with Gasteiger partial charge in [-0.3, -0.25) is 4.79 Å². The second-order valence-corrected chi connectivity index (χ2v) is 8.30. The Kier molecular flexibility index (Phi) is 5.33. The van der Waals surface area contributed by atoms with E-state index in [1.54, 1.807) is 22.7 Å². The van der Waals surface area contributed by atoms with Crippen LogP contribution >= 0.6 is 0 Å². The first-order valence-electron chi connectivity index (χ1n) is 10.3. The lowest BCUT2D eigenvalue weighted by Crippen LogP contribution is -2.33. The highest BCUT2D eigenvalue weighted by atomic mass is 19.3. The number of halogens is 2. The van der Waals surface area contributed by atoms with Crippen LogP contribution in [0.2, 0.25) is 0 Å². The molecular formula is C20H27F2N7O. The fraction of sp³-hybridized carbons (Fsp3) is 0.600. The molecule has 10 heteroatoms. The summed E-state index contributed by atoms with van der Waals surface area (Å²) < 4.78 is 28.6. The molecule has 1 aliphatic heterocycles. The van der Waals surface area contributed by atoms with Gasteiger partial charge in [0, 0.05) is 44.2 Å². The summed E-state index contributed by atoms with van der Waals surface area (Å²) in [5.74, 6) is -1.16. The molecular weight excluding hydrogens is 392 g/mol. The number of hydrogen-bond acceptors (Lipinski definition) is 6. The average molecular weight is 419 g/mol. The van der Waals surface area contributed by atoms with Crippen molar-refractivity contribution in [2.45, 2.75) is 64.0 Å². The Labute approximate surface area is 174 Å². The molecule has 8 nitrogen and oxygen atoms in total. The molecule has 30 heavy (non-hydrogen) atoms. The zero-order chi connectivity index (χ0) is 21.5. The van der Waals surface area contributed by atoms with E-state index in [0.29, 0.717) is 43.4 Å². The lowest BCUT2D eigenvalue weighted by atomic mass is 9.92. The topological polar surface area (TPSA) is 88.0 Å². The SMILES string of the molecule is Cc1cc(C)n(-c2nc(NC3CCC(F)(F)CC3)cc(N[C@@H]3CCN(C)C3=O)n2)n1. The zero-order valence-electron chi connectivity index (χ0n) is 17.5. The van der Waals surface area contributed by atoms with Crippen LogP contribution in [-0.4, -0.2) is 62.2 Å². The molecule has 2 aliphatic rings. The third-order valence-corrected chi connectivity index (χ3v) is 5.73. The number of rotatable bonds is 5. The zero-order valence-corrected chi connectivity index (χ0v) is 17.5. The van der Waals surface area contributed by atoms with Crippen LogP contribution in [0.4, 0.5) is 20.4 Å². The third kappa shape index (κ3) is 4.36. The van der Waals surface area contributed by atoms with E-state index in [4.69, 9.17) is 0 Å². The maximum Gasteiger partial charge on any atom is 0.254 e. The Balaban J connectivity index is 1.61. The minimum Gasteiger partial charge on any atom is -0.367 e. The van der Waals surface area contributed by atoms with Crippen molar-refractivity contribution in [3.8, 4) is 5.95 Å². The number of likely N-dealkylation sites (tertiary alicyclic amines) is 1. The first-order chi connectivity index (χ1) is 14.2. The molecule has 2 aromatic heterocycles. The number of carbonyl (C=O) groups excluding carboxylic acids is 1. The van der Waals surface area contributed by atoms with Crippen molar-refractivity contribution in [1.82, 2.24) is 24.6 Å². The normalized spacial score (nSPS) is 21.8. The monoisotopic (exact) mass is 419 g/mol. The number of amides is 1. The van der Waals surface area contributed by atoms with Crippen LogP contribution in [0, 0.1) is 13.8 Å². The Morgan fingerprint density at radius 3 is 2.30 bits per heavy atom. The second-order valence-electron chi connectivity index (χ2n) is 8.30. The lowest BCUT2D eigenvalue weighted by molar-refractivity contribution is -0.127. The van der Waals surface area contributed by atoms with E-state index in [-0.39, 0.29) is 30.8 Å². The summed E-state index contributed by atoms with van der Waals surface area (Å²) in [5, 5.41) is 10.9. The summed E-state index contributed by atoms with van der Waals surface area (Å²) in [7, 11) is 1.77. The number of anilines is 2. The average Bonchev–Trinajstić information content (AvgIpc) is 3.19. The van der Waals surface area contributed by atoms with Crippen LogP contribution in [0.5, 0.6) is 0 Å². The van der Waals surface area contributed by atoms with Gasteiger partial charge in [0.2, 0.25) is 11.8 Å². The standard InChI is InChI=1S/C20H27F2N7O/c1-12-10-13(2)29(27-12)19-25-16(23-14-4-7-20(21,22)8-5-14)11-17(26-19)24-15-6-9-28(3)18(15)30/h10-11,14-15H,4-9H2,1-3H3,(H2,23,24,25,26)/t15-/m1/s1. The summed E-state index contributed by atoms with van der Waals surface area (Å²) in [6.07, 6.45) is 1.18. The van der Waals surface area contributed by atoms with E-state index in [1.807, 2.05) is 19.9 Å². The Bertz CT molecular complexity index is 935. The van der Waals surface area contributed by atoms with Gasteiger partial charge in [0.25, 0.3) is 5.95 Å². The van der Waals surface area contributed by atoms with E-state index in [1.165, 1.54) is 0 Å². The molecule has 1 saturated carbocycles. The van der Waals surface area contributed by atoms with Crippen molar-refractivity contribution >= 4 is 17.5 Å². The van der Waals surface area contributed by atoms with Gasteiger partial charge in [-0.05, 0) is 39.2 Å². The third-order valence-electron chi connectivity index (χ3n) is 5.73. The van der Waals surface area contributed by atoms with Crippen LogP contribution in [-0.2, 0) is 4.79 Å². The van der Waals surface area contributed by atoms with Crippen molar-refractivity contribution < 1.29 is 13.6 Å². The van der Waals surface area contributed by atoms with Crippen LogP contribution in [0.15, 0.2) is 12.1 Å². The van der Waals surface area contributed by atoms with Gasteiger partial charge in [0.1, 0.15) is 17.7 Å². The highest BCUT2D eigenvalue weighted by molar-refractivity contribution is 5.86. The van der Waals surface area contributed by atoms with Crippen molar-refractivity contribution in [2.24, 2.45) is 0 Å². The number of alkyl halides is 2. The van der Waals surface area contributed by atoms with Gasteiger partial charge in [-0.15, -0.1) is 0 Å². The lowest BCUT2D eigenvalue weighted by Gasteiger charge is -2.29. The molecule has 0 radical (unpaired) electrons. The van der Waals surface area contributed by atoms with Gasteiger partial charge in [-0.2, -0.15) is 15.1 Å². The number of nitrogens with zero attached hydrogens (tertiary/aromatic N) is 5. The van der Waals surface area contributed by atoms with Crippen molar-refractivity contribution in [2.75, 3.05) is 24.2 Å². The van der Waals surface area contributed by atoms with Gasteiger partial charge >= 0.3 is 0 Å². The van der Waals surface area contributed by atoms with Crippen LogP contribution < -0.4 is 10.6 Å². The maximum atomic E-state index is 13.5. The molecule has 4 rings (SSSR count). The van der Waals surface area contributed by atoms with Gasteiger partial charge in [-0.1, -0.05) is 0 Å². The first-order valence-corrected chi connectivity index (χ1v) is 10.3. The van der Waals surface area contributed by atoms with Gasteiger partial charge in [-0.25, -0.2) is 13.5 Å². The minimum atomic E-state index is -2.58. The molecule has 162 valence electrons. The Hall–Kier alpha value is -2.78. The highest BCUT2D eigenvalue weighted by Gasteiger charge is 2.35. The van der Waals surface area contributed by atoms with Crippen molar-refractivity contribution in [3.05, 3.63) is 23.5 Å². The van der Waals surface area contributed by atoms with E-state index < -0.39 is 5.92 Å². The van der Waals surface area contributed by atoms with E-state index in [9.17, 15) is 13.6 Å². The number of aromatic nitrogens is 4. The smallest absolute Gasteiger partial charge is 0.254 e. The highest BCUT2D eigenvalue weighted by Crippen LogP contribution is 2.34. The van der Waals surface area contributed by atoms with E-state index in [0.717, 1.165) is 11.4 Å². The van der Waals surface area contributed by atoms with Gasteiger partial charge in [0.05, 0.1) is 5.69 Å². The van der Waals surface area contributed by atoms with Crippen molar-refractivity contribution in [3.63, 3.8) is 0 Å². The van der Waals surface area contributed by atoms with Gasteiger partial charge < -0.3 is 15.5 Å². The Morgan fingerprint density at radius 1 is 1.07 bits per heavy atom. The summed E-state index contributed by atoms with van der Waals surface area (Å²) >= 11 is 0. The molecule has 1 aliphatic carbocycles. The molecule has 1 amide bonds. The van der Waals surface area contributed by atoms with Gasteiger partial charge in [0.15, 0.2) is 0 Å². The number of hydrogen-bond donors (Lipinski definition) is 2. The molecule has 1 saturated heterocycles. The molecule has 1 atom stereocenters. The molecule has 2 N–H and O–H groups in total. The number of nitrogens with one attached hydrogen (secondary N) is 2. The maximum absolute atomic E-state index is 13.5. The molecule has 0 aromatic carbocycles. The minimum absolute atomic E-state index is 0.0188. The molecule has 0 unspecified atom stereocenters. The van der Waals surface area contributed by atoms with Crippen LogP contribution in [0.1, 0.15) is 43.5 Å².